The normalized spacial score (nSPS) is 10.9. The van der Waals surface area contributed by atoms with E-state index in [0.29, 0.717) is 0 Å². The Kier molecular flexibility index (Phi) is 3.34. The average molecular weight is 217 g/mol. The monoisotopic (exact) mass is 217 g/mol. The van der Waals surface area contributed by atoms with Gasteiger partial charge in [-0.25, -0.2) is 4.79 Å². The lowest BCUT2D eigenvalue weighted by Gasteiger charge is -2.23. The predicted molar refractivity (Wildman–Crippen MR) is 61.4 cm³/mol. The summed E-state index contributed by atoms with van der Waals surface area (Å²) in [7, 11) is 0. The van der Waals surface area contributed by atoms with Crippen molar-refractivity contribution in [3.8, 4) is 6.07 Å². The van der Waals surface area contributed by atoms with E-state index in [-0.39, 0.29) is 16.5 Å². The van der Waals surface area contributed by atoms with Crippen LogP contribution in [0.15, 0.2) is 18.2 Å². The molecule has 0 radical (unpaired) electrons. The molecule has 1 rings (SSSR count). The molecule has 1 aromatic rings. The summed E-state index contributed by atoms with van der Waals surface area (Å²) in [4.78, 5) is 10.9. The molecule has 0 atom stereocenters. The molecule has 1 aromatic carbocycles. The van der Waals surface area contributed by atoms with Gasteiger partial charge in [-0.05, 0) is 29.5 Å². The molecule has 0 aliphatic carbocycles. The molecule has 0 amide bonds. The highest BCUT2D eigenvalue weighted by molar-refractivity contribution is 5.90. The summed E-state index contributed by atoms with van der Waals surface area (Å²) >= 11 is 0. The first-order chi connectivity index (χ1) is 7.42. The number of carboxylic acids is 1. The second kappa shape index (κ2) is 4.36. The van der Waals surface area contributed by atoms with Gasteiger partial charge in [-0.2, -0.15) is 5.26 Å². The van der Waals surface area contributed by atoms with Crippen molar-refractivity contribution in [1.29, 1.82) is 5.26 Å². The third kappa shape index (κ3) is 2.22. The molecule has 84 valence electrons. The Balaban J connectivity index is 3.31. The van der Waals surface area contributed by atoms with Gasteiger partial charge in [0.15, 0.2) is 0 Å². The molecule has 0 unspecified atom stereocenters. The number of carboxylic acid groups (broad SMARTS) is 1. The summed E-state index contributed by atoms with van der Waals surface area (Å²) in [6, 6.07) is 6.90. The molecule has 0 saturated heterocycles. The zero-order chi connectivity index (χ0) is 12.3. The smallest absolute Gasteiger partial charge is 0.337 e. The zero-order valence-electron chi connectivity index (χ0n) is 9.74. The van der Waals surface area contributed by atoms with Crippen LogP contribution in [0.4, 0.5) is 0 Å². The van der Waals surface area contributed by atoms with Crippen molar-refractivity contribution in [2.75, 3.05) is 0 Å². The van der Waals surface area contributed by atoms with Gasteiger partial charge in [0.1, 0.15) is 6.07 Å². The van der Waals surface area contributed by atoms with Crippen LogP contribution in [0.25, 0.3) is 0 Å². The van der Waals surface area contributed by atoms with Crippen LogP contribution in [0.1, 0.15) is 48.7 Å². The number of carbonyl (C=O) groups is 1. The Morgan fingerprint density at radius 1 is 1.50 bits per heavy atom. The zero-order valence-corrected chi connectivity index (χ0v) is 9.74. The highest BCUT2D eigenvalue weighted by Crippen LogP contribution is 2.28. The molecule has 16 heavy (non-hydrogen) atoms. The van der Waals surface area contributed by atoms with E-state index in [4.69, 9.17) is 10.4 Å². The first-order valence-corrected chi connectivity index (χ1v) is 5.20. The lowest BCUT2D eigenvalue weighted by molar-refractivity contribution is 0.0696. The third-order valence-electron chi connectivity index (χ3n) is 3.04. The first-order valence-electron chi connectivity index (χ1n) is 5.20. The molecule has 0 heterocycles. The molecular formula is C13H15NO2. The first kappa shape index (κ1) is 12.3. The van der Waals surface area contributed by atoms with Gasteiger partial charge in [0.25, 0.3) is 0 Å². The van der Waals surface area contributed by atoms with Crippen LogP contribution in [0.3, 0.4) is 0 Å². The Bertz CT molecular complexity index is 455. The minimum Gasteiger partial charge on any atom is -0.478 e. The van der Waals surface area contributed by atoms with Gasteiger partial charge in [0.05, 0.1) is 11.1 Å². The Hall–Kier alpha value is -1.82. The van der Waals surface area contributed by atoms with E-state index < -0.39 is 5.97 Å². The highest BCUT2D eigenvalue weighted by atomic mass is 16.4. The van der Waals surface area contributed by atoms with Crippen molar-refractivity contribution in [1.82, 2.24) is 0 Å². The maximum atomic E-state index is 10.9. The maximum absolute atomic E-state index is 10.9. The van der Waals surface area contributed by atoms with Gasteiger partial charge in [0, 0.05) is 0 Å². The molecule has 0 spiro atoms. The molecule has 3 nitrogen and oxygen atoms in total. The van der Waals surface area contributed by atoms with Crippen molar-refractivity contribution in [3.05, 3.63) is 34.9 Å². The molecule has 0 bridgehead atoms. The van der Waals surface area contributed by atoms with Crippen molar-refractivity contribution in [2.45, 2.75) is 32.6 Å². The highest BCUT2D eigenvalue weighted by Gasteiger charge is 2.20. The Labute approximate surface area is 95.3 Å². The summed E-state index contributed by atoms with van der Waals surface area (Å²) in [5.41, 5.74) is 1.25. The van der Waals surface area contributed by atoms with Crippen molar-refractivity contribution in [3.63, 3.8) is 0 Å². The summed E-state index contributed by atoms with van der Waals surface area (Å²) in [5.74, 6) is -1.06. The van der Waals surface area contributed by atoms with Crippen LogP contribution < -0.4 is 0 Å². The van der Waals surface area contributed by atoms with Gasteiger partial charge in [0.2, 0.25) is 0 Å². The van der Waals surface area contributed by atoms with E-state index in [9.17, 15) is 4.79 Å². The fourth-order valence-corrected chi connectivity index (χ4v) is 1.45. The quantitative estimate of drug-likeness (QED) is 0.846. The molecule has 0 aliphatic rings. The van der Waals surface area contributed by atoms with Crippen LogP contribution in [-0.2, 0) is 5.41 Å². The fourth-order valence-electron chi connectivity index (χ4n) is 1.45. The molecular weight excluding hydrogens is 202 g/mol. The van der Waals surface area contributed by atoms with Crippen LogP contribution in [-0.4, -0.2) is 11.1 Å². The van der Waals surface area contributed by atoms with E-state index in [0.717, 1.165) is 12.0 Å². The van der Waals surface area contributed by atoms with Crippen molar-refractivity contribution < 1.29 is 9.90 Å². The number of hydrogen-bond donors (Lipinski definition) is 1. The number of aromatic carboxylic acids is 1. The summed E-state index contributed by atoms with van der Waals surface area (Å²) in [6.45, 7) is 6.21. The number of nitrogens with zero attached hydrogens (tertiary/aromatic N) is 1. The van der Waals surface area contributed by atoms with E-state index in [1.165, 1.54) is 6.07 Å². The number of benzene rings is 1. The lowest BCUT2D eigenvalue weighted by atomic mass is 9.81. The van der Waals surface area contributed by atoms with E-state index in [1.54, 1.807) is 12.1 Å². The fraction of sp³-hybridized carbons (Fsp3) is 0.385. The van der Waals surface area contributed by atoms with E-state index in [1.807, 2.05) is 6.07 Å². The van der Waals surface area contributed by atoms with Gasteiger partial charge in [-0.15, -0.1) is 0 Å². The average Bonchev–Trinajstić information content (AvgIpc) is 2.27. The summed E-state index contributed by atoms with van der Waals surface area (Å²) in [5, 5.41) is 17.8. The van der Waals surface area contributed by atoms with Crippen molar-refractivity contribution in [2.24, 2.45) is 0 Å². The Morgan fingerprint density at radius 3 is 2.56 bits per heavy atom. The van der Waals surface area contributed by atoms with Crippen LogP contribution >= 0.6 is 0 Å². The summed E-state index contributed by atoms with van der Waals surface area (Å²) in [6.07, 6.45) is 0.935. The third-order valence-corrected chi connectivity index (χ3v) is 3.04. The van der Waals surface area contributed by atoms with Gasteiger partial charge in [-0.1, -0.05) is 26.8 Å². The standard InChI is InChI=1S/C13H15NO2/c1-4-13(2,3)10-5-6-11(12(15)16)9(7-10)8-14/h5-7H,4H2,1-3H3,(H,15,16). The van der Waals surface area contributed by atoms with E-state index in [2.05, 4.69) is 20.8 Å². The largest absolute Gasteiger partial charge is 0.478 e. The molecule has 0 aromatic heterocycles. The second-order valence-corrected chi connectivity index (χ2v) is 4.41. The molecule has 0 aliphatic heterocycles. The minimum absolute atomic E-state index is 0.0391. The molecule has 1 N–H and O–H groups in total. The Morgan fingerprint density at radius 2 is 2.12 bits per heavy atom. The van der Waals surface area contributed by atoms with Crippen LogP contribution in [0, 0.1) is 11.3 Å². The minimum atomic E-state index is -1.06. The summed E-state index contributed by atoms with van der Waals surface area (Å²) < 4.78 is 0. The number of rotatable bonds is 3. The van der Waals surface area contributed by atoms with E-state index >= 15 is 0 Å². The molecule has 3 heteroatoms. The van der Waals surface area contributed by atoms with Crippen LogP contribution in [0.5, 0.6) is 0 Å². The van der Waals surface area contributed by atoms with Gasteiger partial charge in [-0.3, -0.25) is 0 Å². The second-order valence-electron chi connectivity index (χ2n) is 4.41. The van der Waals surface area contributed by atoms with Gasteiger partial charge >= 0.3 is 5.97 Å². The molecule has 0 fully saturated rings. The maximum Gasteiger partial charge on any atom is 0.337 e. The molecule has 0 saturated carbocycles. The predicted octanol–water partition coefficient (Wildman–Crippen LogP) is 2.94. The lowest BCUT2D eigenvalue weighted by Crippen LogP contribution is -2.16. The SMILES string of the molecule is CCC(C)(C)c1ccc(C(=O)O)c(C#N)c1. The van der Waals surface area contributed by atoms with Crippen molar-refractivity contribution >= 4 is 5.97 Å². The number of hydrogen-bond acceptors (Lipinski definition) is 2. The van der Waals surface area contributed by atoms with Crippen LogP contribution in [0.2, 0.25) is 0 Å². The number of nitriles is 1. The topological polar surface area (TPSA) is 61.1 Å². The van der Waals surface area contributed by atoms with Gasteiger partial charge < -0.3 is 5.11 Å².